The molecule has 4 rings (SSSR count). The van der Waals surface area contributed by atoms with E-state index in [-0.39, 0.29) is 5.91 Å². The predicted octanol–water partition coefficient (Wildman–Crippen LogP) is 5.49. The van der Waals surface area contributed by atoms with Crippen molar-refractivity contribution in [3.63, 3.8) is 0 Å². The summed E-state index contributed by atoms with van der Waals surface area (Å²) in [6.45, 7) is 3.28. The topological polar surface area (TPSA) is 44.1 Å². The second-order valence-electron chi connectivity index (χ2n) is 7.73. The van der Waals surface area contributed by atoms with Gasteiger partial charge < -0.3 is 4.90 Å². The van der Waals surface area contributed by atoms with Crippen molar-refractivity contribution in [1.82, 2.24) is 4.90 Å². The third-order valence-corrected chi connectivity index (χ3v) is 5.87. The molecule has 0 N–H and O–H groups in total. The molecule has 0 spiro atoms. The molecule has 1 heterocycles. The van der Waals surface area contributed by atoms with Gasteiger partial charge in [-0.25, -0.2) is 4.39 Å². The van der Waals surface area contributed by atoms with Crippen molar-refractivity contribution >= 4 is 5.91 Å². The summed E-state index contributed by atoms with van der Waals surface area (Å²) < 4.78 is 14.2. The average molecular weight is 397 g/mol. The first kappa shape index (κ1) is 19.8. The van der Waals surface area contributed by atoms with Crippen LogP contribution >= 0.6 is 0 Å². The Morgan fingerprint density at radius 2 is 1.83 bits per heavy atom. The highest BCUT2D eigenvalue weighted by molar-refractivity contribution is 5.96. The number of rotatable bonds is 3. The number of piperidine rings is 1. The van der Waals surface area contributed by atoms with E-state index in [1.165, 1.54) is 5.56 Å². The van der Waals surface area contributed by atoms with E-state index in [1.807, 2.05) is 48.2 Å². The first-order chi connectivity index (χ1) is 14.6. The normalized spacial score (nSPS) is 14.4. The molecule has 3 aromatic carbocycles. The summed E-state index contributed by atoms with van der Waals surface area (Å²) in [6.07, 6.45) is 1.78. The van der Waals surface area contributed by atoms with E-state index in [9.17, 15) is 9.18 Å². The molecule has 3 nitrogen and oxygen atoms in total. The zero-order valence-corrected chi connectivity index (χ0v) is 16.9. The summed E-state index contributed by atoms with van der Waals surface area (Å²) in [4.78, 5) is 15.0. The molecule has 0 saturated carbocycles. The van der Waals surface area contributed by atoms with Gasteiger partial charge in [-0.05, 0) is 66.6 Å². The van der Waals surface area contributed by atoms with E-state index in [4.69, 9.17) is 5.26 Å². The van der Waals surface area contributed by atoms with Gasteiger partial charge in [0.2, 0.25) is 0 Å². The maximum absolute atomic E-state index is 14.2. The lowest BCUT2D eigenvalue weighted by molar-refractivity contribution is 0.0713. The third-order valence-electron chi connectivity index (χ3n) is 5.87. The number of hydrogen-bond donors (Lipinski definition) is 0. The van der Waals surface area contributed by atoms with Crippen molar-refractivity contribution in [3.8, 4) is 17.2 Å². The van der Waals surface area contributed by atoms with Gasteiger partial charge in [-0.3, -0.25) is 4.79 Å². The minimum Gasteiger partial charge on any atom is -0.339 e. The molecule has 1 amide bonds. The molecule has 1 radical (unpaired) electrons. The van der Waals surface area contributed by atoms with Crippen molar-refractivity contribution in [1.29, 1.82) is 5.26 Å². The molecule has 0 aromatic heterocycles. The zero-order chi connectivity index (χ0) is 21.1. The number of likely N-dealkylation sites (tertiary alicyclic amines) is 1. The second-order valence-corrected chi connectivity index (χ2v) is 7.73. The molecule has 0 aliphatic carbocycles. The maximum atomic E-state index is 14.2. The number of amides is 1. The Labute approximate surface area is 176 Å². The first-order valence-electron chi connectivity index (χ1n) is 10.1. The zero-order valence-electron chi connectivity index (χ0n) is 16.9. The summed E-state index contributed by atoms with van der Waals surface area (Å²) >= 11 is 0. The smallest absolute Gasteiger partial charge is 0.253 e. The van der Waals surface area contributed by atoms with E-state index in [0.717, 1.165) is 24.0 Å². The Morgan fingerprint density at radius 1 is 1.10 bits per heavy atom. The SMILES string of the molecule is Cc1ccc(C(=O)N2CCC(c3ccc(C#N)cc3)CC2)cc1-c1ccc[c]c1F. The molecule has 1 saturated heterocycles. The molecule has 0 atom stereocenters. The quantitative estimate of drug-likeness (QED) is 0.586. The lowest BCUT2D eigenvalue weighted by Crippen LogP contribution is -2.37. The van der Waals surface area contributed by atoms with Gasteiger partial charge in [-0.15, -0.1) is 0 Å². The molecule has 1 aliphatic rings. The lowest BCUT2D eigenvalue weighted by atomic mass is 9.88. The van der Waals surface area contributed by atoms with Gasteiger partial charge in [0.1, 0.15) is 5.82 Å². The maximum Gasteiger partial charge on any atom is 0.253 e. The Balaban J connectivity index is 1.49. The fraction of sp³-hybridized carbons (Fsp3) is 0.231. The number of carbonyl (C=O) groups excluding carboxylic acids is 1. The highest BCUT2D eigenvalue weighted by Crippen LogP contribution is 2.30. The van der Waals surface area contributed by atoms with Gasteiger partial charge >= 0.3 is 0 Å². The van der Waals surface area contributed by atoms with Gasteiger partial charge in [-0.1, -0.05) is 36.4 Å². The molecule has 1 fully saturated rings. The van der Waals surface area contributed by atoms with Gasteiger partial charge in [0.25, 0.3) is 5.91 Å². The summed E-state index contributed by atoms with van der Waals surface area (Å²) in [6, 6.07) is 22.9. The first-order valence-corrected chi connectivity index (χ1v) is 10.1. The van der Waals surface area contributed by atoms with Crippen LogP contribution in [0.4, 0.5) is 4.39 Å². The second kappa shape index (κ2) is 8.51. The standard InChI is InChI=1S/C26H22FN2O/c1-18-6-9-22(16-24(18)23-4-2-3-5-25(23)27)26(30)29-14-12-21(13-15-29)20-10-7-19(17-28)8-11-20/h2-4,6-11,16,21H,12-15H2,1H3. The summed E-state index contributed by atoms with van der Waals surface area (Å²) in [5.41, 5.74) is 4.57. The van der Waals surface area contributed by atoms with E-state index in [1.54, 1.807) is 24.3 Å². The van der Waals surface area contributed by atoms with Crippen LogP contribution < -0.4 is 0 Å². The fourth-order valence-electron chi connectivity index (χ4n) is 4.10. The van der Waals surface area contributed by atoms with Gasteiger partial charge in [-0.2, -0.15) is 5.26 Å². The molecule has 1 aliphatic heterocycles. The molecule has 30 heavy (non-hydrogen) atoms. The highest BCUT2D eigenvalue weighted by atomic mass is 19.1. The predicted molar refractivity (Wildman–Crippen MR) is 114 cm³/mol. The molecule has 0 bridgehead atoms. The number of nitriles is 1. The number of aryl methyl sites for hydroxylation is 1. The monoisotopic (exact) mass is 397 g/mol. The van der Waals surface area contributed by atoms with Gasteiger partial charge in [0, 0.05) is 30.3 Å². The van der Waals surface area contributed by atoms with Crippen LogP contribution in [0.15, 0.2) is 60.7 Å². The number of hydrogen-bond acceptors (Lipinski definition) is 2. The van der Waals surface area contributed by atoms with E-state index in [2.05, 4.69) is 12.1 Å². The van der Waals surface area contributed by atoms with Crippen LogP contribution in [0.2, 0.25) is 0 Å². The van der Waals surface area contributed by atoms with Gasteiger partial charge in [0.15, 0.2) is 0 Å². The Hall–Kier alpha value is -3.45. The summed E-state index contributed by atoms with van der Waals surface area (Å²) in [5.74, 6) is -0.0346. The molecule has 149 valence electrons. The Bertz CT molecular complexity index is 1110. The van der Waals surface area contributed by atoms with Crippen LogP contribution in [0.1, 0.15) is 45.8 Å². The van der Waals surface area contributed by atoms with E-state index < -0.39 is 5.82 Å². The van der Waals surface area contributed by atoms with Crippen LogP contribution in [0.5, 0.6) is 0 Å². The Morgan fingerprint density at radius 3 is 2.50 bits per heavy atom. The van der Waals surface area contributed by atoms with Crippen LogP contribution in [0.25, 0.3) is 11.1 Å². The molecule has 4 heteroatoms. The van der Waals surface area contributed by atoms with Crippen molar-refractivity contribution in [2.24, 2.45) is 0 Å². The van der Waals surface area contributed by atoms with Crippen LogP contribution in [-0.4, -0.2) is 23.9 Å². The van der Waals surface area contributed by atoms with Gasteiger partial charge in [0.05, 0.1) is 11.6 Å². The van der Waals surface area contributed by atoms with Crippen molar-refractivity contribution in [2.45, 2.75) is 25.7 Å². The third kappa shape index (κ3) is 3.97. The van der Waals surface area contributed by atoms with E-state index >= 15 is 0 Å². The fourth-order valence-corrected chi connectivity index (χ4v) is 4.10. The number of benzene rings is 3. The molecular formula is C26H22FN2O. The van der Waals surface area contributed by atoms with Crippen LogP contribution in [0, 0.1) is 30.1 Å². The van der Waals surface area contributed by atoms with Crippen LogP contribution in [-0.2, 0) is 0 Å². The number of carbonyl (C=O) groups is 1. The molecular weight excluding hydrogens is 375 g/mol. The van der Waals surface area contributed by atoms with Crippen LogP contribution in [0.3, 0.4) is 0 Å². The van der Waals surface area contributed by atoms with E-state index in [0.29, 0.717) is 35.7 Å². The summed E-state index contributed by atoms with van der Waals surface area (Å²) in [5, 5.41) is 8.95. The highest BCUT2D eigenvalue weighted by Gasteiger charge is 2.25. The number of nitrogens with zero attached hydrogens (tertiary/aromatic N) is 2. The summed E-state index contributed by atoms with van der Waals surface area (Å²) in [7, 11) is 0. The lowest BCUT2D eigenvalue weighted by Gasteiger charge is -2.32. The minimum absolute atomic E-state index is 0.0187. The van der Waals surface area contributed by atoms with Crippen molar-refractivity contribution in [2.75, 3.05) is 13.1 Å². The average Bonchev–Trinajstić information content (AvgIpc) is 2.80. The number of halogens is 1. The largest absolute Gasteiger partial charge is 0.339 e. The minimum atomic E-state index is -0.409. The molecule has 3 aromatic rings. The molecule has 0 unspecified atom stereocenters. The van der Waals surface area contributed by atoms with Crippen molar-refractivity contribution < 1.29 is 9.18 Å². The van der Waals surface area contributed by atoms with Crippen molar-refractivity contribution in [3.05, 3.63) is 94.8 Å². The Kier molecular flexibility index (Phi) is 5.63.